The molecule has 1 amide bonds. The Balaban J connectivity index is 1.27. The largest absolute Gasteiger partial charge is 0.573 e. The molecule has 7 nitrogen and oxygen atoms in total. The maximum Gasteiger partial charge on any atom is 0.573 e. The molecule has 0 unspecified atom stereocenters. The third-order valence-corrected chi connectivity index (χ3v) is 6.07. The Labute approximate surface area is 203 Å². The van der Waals surface area contributed by atoms with Crippen LogP contribution in [0.5, 0.6) is 5.75 Å². The number of rotatable bonds is 7. The molecule has 0 radical (unpaired) electrons. The highest BCUT2D eigenvalue weighted by Crippen LogP contribution is 2.26. The molecule has 0 atom stereocenters. The van der Waals surface area contributed by atoms with Crippen LogP contribution < -0.4 is 19.9 Å². The molecule has 3 aromatic rings. The summed E-state index contributed by atoms with van der Waals surface area (Å²) in [4.78, 5) is 24.8. The third-order valence-electron chi connectivity index (χ3n) is 5.15. The molecule has 2 aromatic carbocycles. The van der Waals surface area contributed by atoms with Crippen LogP contribution in [0.4, 0.5) is 34.8 Å². The number of carbonyl (C=O) groups is 1. The Bertz CT molecular complexity index is 1160. The average Bonchev–Trinajstić information content (AvgIpc) is 2.84. The van der Waals surface area contributed by atoms with E-state index in [0.29, 0.717) is 42.6 Å². The van der Waals surface area contributed by atoms with E-state index in [4.69, 9.17) is 0 Å². The minimum atomic E-state index is -4.77. The Morgan fingerprint density at radius 3 is 2.37 bits per heavy atom. The molecule has 0 saturated carbocycles. The number of thioether (sulfide) groups is 1. The number of amides is 1. The van der Waals surface area contributed by atoms with Crippen LogP contribution in [0.25, 0.3) is 0 Å². The van der Waals surface area contributed by atoms with Crippen LogP contribution in [0.1, 0.15) is 0 Å². The molecule has 1 fully saturated rings. The van der Waals surface area contributed by atoms with Crippen molar-refractivity contribution in [1.29, 1.82) is 0 Å². The molecule has 0 bridgehead atoms. The van der Waals surface area contributed by atoms with Crippen molar-refractivity contribution in [2.75, 3.05) is 47.0 Å². The number of hydrogen-bond acceptors (Lipinski definition) is 7. The first kappa shape index (κ1) is 24.6. The number of aromatic nitrogens is 2. The van der Waals surface area contributed by atoms with Gasteiger partial charge in [0.05, 0.1) is 11.4 Å². The molecule has 0 aliphatic carbocycles. The van der Waals surface area contributed by atoms with Gasteiger partial charge < -0.3 is 19.9 Å². The van der Waals surface area contributed by atoms with Gasteiger partial charge in [-0.3, -0.25) is 4.79 Å². The molecular formula is C23H21F4N5O2S. The number of alkyl halides is 3. The zero-order valence-electron chi connectivity index (χ0n) is 18.3. The summed E-state index contributed by atoms with van der Waals surface area (Å²) in [5.41, 5.74) is 0.931. The van der Waals surface area contributed by atoms with Crippen LogP contribution in [0, 0.1) is 5.82 Å². The fourth-order valence-corrected chi connectivity index (χ4v) is 4.20. The second-order valence-electron chi connectivity index (χ2n) is 7.55. The van der Waals surface area contributed by atoms with Crippen LogP contribution in [-0.2, 0) is 4.79 Å². The summed E-state index contributed by atoms with van der Waals surface area (Å²) in [5, 5.41) is 3.23. The minimum absolute atomic E-state index is 0.0539. The van der Waals surface area contributed by atoms with E-state index in [1.165, 1.54) is 36.3 Å². The first-order valence-electron chi connectivity index (χ1n) is 10.6. The van der Waals surface area contributed by atoms with E-state index >= 15 is 0 Å². The van der Waals surface area contributed by atoms with Crippen molar-refractivity contribution < 1.29 is 27.1 Å². The highest BCUT2D eigenvalue weighted by Gasteiger charge is 2.31. The second-order valence-corrected chi connectivity index (χ2v) is 8.54. The summed E-state index contributed by atoms with van der Waals surface area (Å²) >= 11 is 1.21. The Kier molecular flexibility index (Phi) is 7.59. The lowest BCUT2D eigenvalue weighted by Crippen LogP contribution is -2.47. The van der Waals surface area contributed by atoms with Gasteiger partial charge in [0, 0.05) is 37.9 Å². The van der Waals surface area contributed by atoms with Gasteiger partial charge in [-0.15, -0.1) is 13.2 Å². The van der Waals surface area contributed by atoms with E-state index < -0.39 is 6.36 Å². The predicted molar refractivity (Wildman–Crippen MR) is 125 cm³/mol. The number of ether oxygens (including phenoxy) is 1. The number of benzene rings is 2. The molecule has 35 heavy (non-hydrogen) atoms. The van der Waals surface area contributed by atoms with Gasteiger partial charge >= 0.3 is 6.36 Å². The number of piperazine rings is 1. The molecule has 1 aromatic heterocycles. The molecular weight excluding hydrogens is 486 g/mol. The van der Waals surface area contributed by atoms with Gasteiger partial charge in [-0.2, -0.15) is 0 Å². The standard InChI is InChI=1S/C23H21F4N5O2S/c24-18-3-1-2-4-19(18)31-9-11-32(12-10-31)20-13-22(29-15-28-20)35-14-21(33)30-16-5-7-17(8-6-16)34-23(25,26)27/h1-8,13,15H,9-12,14H2,(H,30,33). The van der Waals surface area contributed by atoms with Gasteiger partial charge in [0.15, 0.2) is 0 Å². The fourth-order valence-electron chi connectivity index (χ4n) is 3.54. The molecule has 12 heteroatoms. The van der Waals surface area contributed by atoms with Gasteiger partial charge in [0.1, 0.15) is 28.7 Å². The maximum atomic E-state index is 14.1. The molecule has 1 aliphatic heterocycles. The van der Waals surface area contributed by atoms with Crippen molar-refractivity contribution in [3.05, 3.63) is 66.7 Å². The van der Waals surface area contributed by atoms with Crippen molar-refractivity contribution in [3.63, 3.8) is 0 Å². The minimum Gasteiger partial charge on any atom is -0.406 e. The fraction of sp³-hybridized carbons (Fsp3) is 0.261. The number of hydrogen-bond donors (Lipinski definition) is 1. The Morgan fingerprint density at radius 2 is 1.69 bits per heavy atom. The molecule has 1 saturated heterocycles. The van der Waals surface area contributed by atoms with Gasteiger partial charge in [0.25, 0.3) is 0 Å². The van der Waals surface area contributed by atoms with Crippen LogP contribution in [0.2, 0.25) is 0 Å². The highest BCUT2D eigenvalue weighted by molar-refractivity contribution is 7.99. The number of carbonyl (C=O) groups excluding carboxylic acids is 1. The summed E-state index contributed by atoms with van der Waals surface area (Å²) in [6, 6.07) is 13.4. The highest BCUT2D eigenvalue weighted by atomic mass is 32.2. The number of nitrogens with zero attached hydrogens (tertiary/aromatic N) is 4. The first-order valence-corrected chi connectivity index (χ1v) is 11.6. The Hall–Kier alpha value is -3.54. The first-order chi connectivity index (χ1) is 16.8. The zero-order chi connectivity index (χ0) is 24.8. The second kappa shape index (κ2) is 10.8. The van der Waals surface area contributed by atoms with Gasteiger partial charge in [-0.1, -0.05) is 23.9 Å². The predicted octanol–water partition coefficient (Wildman–Crippen LogP) is 4.57. The van der Waals surface area contributed by atoms with Crippen LogP contribution in [-0.4, -0.2) is 54.2 Å². The quantitative estimate of drug-likeness (QED) is 0.285. The van der Waals surface area contributed by atoms with Gasteiger partial charge in [-0.25, -0.2) is 14.4 Å². The summed E-state index contributed by atoms with van der Waals surface area (Å²) in [7, 11) is 0. The van der Waals surface area contributed by atoms with Crippen molar-refractivity contribution in [1.82, 2.24) is 9.97 Å². The van der Waals surface area contributed by atoms with Crippen molar-refractivity contribution >= 4 is 34.9 Å². The van der Waals surface area contributed by atoms with E-state index in [1.807, 2.05) is 11.0 Å². The summed E-state index contributed by atoms with van der Waals surface area (Å²) < 4.78 is 54.6. The lowest BCUT2D eigenvalue weighted by molar-refractivity contribution is -0.274. The monoisotopic (exact) mass is 507 g/mol. The molecule has 0 spiro atoms. The number of para-hydroxylation sites is 1. The lowest BCUT2D eigenvalue weighted by atomic mass is 10.2. The van der Waals surface area contributed by atoms with Gasteiger partial charge in [-0.05, 0) is 36.4 Å². The van der Waals surface area contributed by atoms with E-state index in [1.54, 1.807) is 18.2 Å². The third kappa shape index (κ3) is 6.98. The van der Waals surface area contributed by atoms with Gasteiger partial charge in [0.2, 0.25) is 5.91 Å². The number of anilines is 3. The Morgan fingerprint density at radius 1 is 1.00 bits per heavy atom. The molecule has 1 aliphatic rings. The van der Waals surface area contributed by atoms with Crippen LogP contribution in [0.3, 0.4) is 0 Å². The molecule has 184 valence electrons. The van der Waals surface area contributed by atoms with E-state index in [2.05, 4.69) is 24.9 Å². The summed E-state index contributed by atoms with van der Waals surface area (Å²) in [5.74, 6) is -0.175. The van der Waals surface area contributed by atoms with E-state index in [0.717, 1.165) is 18.0 Å². The topological polar surface area (TPSA) is 70.6 Å². The average molecular weight is 508 g/mol. The number of halogens is 4. The van der Waals surface area contributed by atoms with Crippen molar-refractivity contribution in [2.45, 2.75) is 11.4 Å². The molecule has 2 heterocycles. The smallest absolute Gasteiger partial charge is 0.406 e. The number of nitrogens with one attached hydrogen (secondary N) is 1. The van der Waals surface area contributed by atoms with Crippen molar-refractivity contribution in [3.8, 4) is 5.75 Å². The maximum absolute atomic E-state index is 14.1. The summed E-state index contributed by atoms with van der Waals surface area (Å²) in [6.45, 7) is 2.60. The normalized spacial score (nSPS) is 14.1. The summed E-state index contributed by atoms with van der Waals surface area (Å²) in [6.07, 6.45) is -3.34. The van der Waals surface area contributed by atoms with Crippen LogP contribution in [0.15, 0.2) is 66.0 Å². The van der Waals surface area contributed by atoms with Crippen LogP contribution >= 0.6 is 11.8 Å². The van der Waals surface area contributed by atoms with E-state index in [9.17, 15) is 22.4 Å². The molecule has 4 rings (SSSR count). The SMILES string of the molecule is O=C(CSc1cc(N2CCN(c3ccccc3F)CC2)ncn1)Nc1ccc(OC(F)(F)F)cc1. The van der Waals surface area contributed by atoms with E-state index in [-0.39, 0.29) is 23.2 Å². The zero-order valence-corrected chi connectivity index (χ0v) is 19.2. The lowest BCUT2D eigenvalue weighted by Gasteiger charge is -2.36. The molecule has 1 N–H and O–H groups in total. The van der Waals surface area contributed by atoms with Crippen molar-refractivity contribution in [2.24, 2.45) is 0 Å².